The molecule has 0 aliphatic carbocycles. The van der Waals surface area contributed by atoms with Gasteiger partial charge in [0.05, 0.1) is 12.2 Å². The fourth-order valence-electron chi connectivity index (χ4n) is 2.13. The second-order valence-electron chi connectivity index (χ2n) is 4.57. The van der Waals surface area contributed by atoms with E-state index >= 15 is 0 Å². The highest BCUT2D eigenvalue weighted by Crippen LogP contribution is 2.23. The van der Waals surface area contributed by atoms with Crippen molar-refractivity contribution in [3.05, 3.63) is 66.0 Å². The molecule has 1 N–H and O–H groups in total. The van der Waals surface area contributed by atoms with Crippen LogP contribution in [0.25, 0.3) is 6.08 Å². The molecule has 0 aliphatic rings. The van der Waals surface area contributed by atoms with Crippen LogP contribution in [0, 0.1) is 0 Å². The maximum Gasteiger partial charge on any atom is 0.328 e. The molecule has 2 aromatic rings. The summed E-state index contributed by atoms with van der Waals surface area (Å²) in [6.07, 6.45) is 4.56. The molecule has 108 valence electrons. The second kappa shape index (κ2) is 7.24. The fraction of sp³-hybridized carbons (Fsp3) is 0.176. The van der Waals surface area contributed by atoms with E-state index in [-0.39, 0.29) is 0 Å². The number of benzene rings is 1. The molecule has 4 nitrogen and oxygen atoms in total. The van der Waals surface area contributed by atoms with Gasteiger partial charge in [-0.05, 0) is 36.8 Å². The van der Waals surface area contributed by atoms with Gasteiger partial charge < -0.3 is 10.0 Å². The van der Waals surface area contributed by atoms with E-state index < -0.39 is 5.97 Å². The zero-order chi connectivity index (χ0) is 15.1. The molecular formula is C17H18N2O2. The number of rotatable bonds is 6. The van der Waals surface area contributed by atoms with Crippen LogP contribution in [-0.4, -0.2) is 22.6 Å². The Balaban J connectivity index is 2.27. The number of hydrogen-bond donors (Lipinski definition) is 1. The summed E-state index contributed by atoms with van der Waals surface area (Å²) >= 11 is 0. The Morgan fingerprint density at radius 3 is 2.67 bits per heavy atom. The third-order valence-corrected chi connectivity index (χ3v) is 3.14. The van der Waals surface area contributed by atoms with E-state index in [1.807, 2.05) is 42.5 Å². The number of hydrogen-bond acceptors (Lipinski definition) is 3. The number of carboxylic acids is 1. The highest BCUT2D eigenvalue weighted by molar-refractivity contribution is 5.87. The van der Waals surface area contributed by atoms with Crippen molar-refractivity contribution < 1.29 is 9.90 Å². The molecule has 0 unspecified atom stereocenters. The number of nitrogens with zero attached hydrogens (tertiary/aromatic N) is 2. The van der Waals surface area contributed by atoms with Gasteiger partial charge in [-0.1, -0.05) is 24.3 Å². The summed E-state index contributed by atoms with van der Waals surface area (Å²) in [7, 11) is 0. The molecule has 21 heavy (non-hydrogen) atoms. The average molecular weight is 282 g/mol. The van der Waals surface area contributed by atoms with E-state index in [0.717, 1.165) is 29.6 Å². The lowest BCUT2D eigenvalue weighted by molar-refractivity contribution is -0.131. The van der Waals surface area contributed by atoms with Crippen LogP contribution >= 0.6 is 0 Å². The van der Waals surface area contributed by atoms with Gasteiger partial charge in [0.15, 0.2) is 0 Å². The second-order valence-corrected chi connectivity index (χ2v) is 4.57. The van der Waals surface area contributed by atoms with Crippen molar-refractivity contribution in [1.82, 2.24) is 4.98 Å². The number of carbonyl (C=O) groups is 1. The zero-order valence-corrected chi connectivity index (χ0v) is 11.9. The van der Waals surface area contributed by atoms with Gasteiger partial charge in [-0.25, -0.2) is 4.79 Å². The number of pyridine rings is 1. The Bertz CT molecular complexity index is 624. The van der Waals surface area contributed by atoms with E-state index in [0.29, 0.717) is 6.54 Å². The van der Waals surface area contributed by atoms with Gasteiger partial charge in [-0.15, -0.1) is 0 Å². The monoisotopic (exact) mass is 282 g/mol. The van der Waals surface area contributed by atoms with Crippen molar-refractivity contribution in [2.75, 3.05) is 11.4 Å². The van der Waals surface area contributed by atoms with Gasteiger partial charge in [0.2, 0.25) is 0 Å². The van der Waals surface area contributed by atoms with Crippen LogP contribution in [0.5, 0.6) is 0 Å². The minimum atomic E-state index is -0.947. The average Bonchev–Trinajstić information content (AvgIpc) is 2.52. The summed E-state index contributed by atoms with van der Waals surface area (Å²) in [6, 6.07) is 13.6. The van der Waals surface area contributed by atoms with Crippen molar-refractivity contribution in [2.45, 2.75) is 13.5 Å². The number of para-hydroxylation sites is 1. The standard InChI is InChI=1S/C17H18N2O2/c1-2-19(13-15-8-5-6-12-18-15)16-9-4-3-7-14(16)10-11-17(20)21/h3-12H,2,13H2,1H3,(H,20,21)/b11-10+. The predicted molar refractivity (Wildman–Crippen MR) is 84.1 cm³/mol. The highest BCUT2D eigenvalue weighted by atomic mass is 16.4. The van der Waals surface area contributed by atoms with E-state index in [1.165, 1.54) is 0 Å². The van der Waals surface area contributed by atoms with Crippen molar-refractivity contribution in [3.63, 3.8) is 0 Å². The number of carboxylic acid groups (broad SMARTS) is 1. The molecular weight excluding hydrogens is 264 g/mol. The Hall–Kier alpha value is -2.62. The molecule has 0 fully saturated rings. The lowest BCUT2D eigenvalue weighted by Crippen LogP contribution is -2.23. The molecule has 0 bridgehead atoms. The van der Waals surface area contributed by atoms with Gasteiger partial charge in [0.25, 0.3) is 0 Å². The van der Waals surface area contributed by atoms with Gasteiger partial charge in [-0.2, -0.15) is 0 Å². The third kappa shape index (κ3) is 4.18. The molecule has 0 radical (unpaired) electrons. The van der Waals surface area contributed by atoms with Crippen molar-refractivity contribution >= 4 is 17.7 Å². The minimum absolute atomic E-state index is 0.690. The lowest BCUT2D eigenvalue weighted by Gasteiger charge is -2.24. The van der Waals surface area contributed by atoms with E-state index in [9.17, 15) is 4.79 Å². The molecule has 0 saturated heterocycles. The molecule has 0 aliphatic heterocycles. The van der Waals surface area contributed by atoms with Crippen molar-refractivity contribution in [2.24, 2.45) is 0 Å². The molecule has 0 amide bonds. The molecule has 1 aromatic carbocycles. The smallest absolute Gasteiger partial charge is 0.328 e. The summed E-state index contributed by atoms with van der Waals surface area (Å²) in [5, 5.41) is 8.79. The number of anilines is 1. The molecule has 0 spiro atoms. The molecule has 0 saturated carbocycles. The van der Waals surface area contributed by atoms with Crippen LogP contribution in [0.2, 0.25) is 0 Å². The van der Waals surface area contributed by atoms with Crippen LogP contribution in [0.4, 0.5) is 5.69 Å². The van der Waals surface area contributed by atoms with E-state index in [2.05, 4.69) is 16.8 Å². The minimum Gasteiger partial charge on any atom is -0.478 e. The molecule has 0 atom stereocenters. The van der Waals surface area contributed by atoms with Crippen molar-refractivity contribution in [1.29, 1.82) is 0 Å². The van der Waals surface area contributed by atoms with Gasteiger partial charge in [0, 0.05) is 24.5 Å². The molecule has 4 heteroatoms. The maximum atomic E-state index is 10.7. The Kier molecular flexibility index (Phi) is 5.10. The van der Waals surface area contributed by atoms with Crippen molar-refractivity contribution in [3.8, 4) is 0 Å². The Morgan fingerprint density at radius 1 is 1.24 bits per heavy atom. The third-order valence-electron chi connectivity index (χ3n) is 3.14. The summed E-state index contributed by atoms with van der Waals surface area (Å²) < 4.78 is 0. The predicted octanol–water partition coefficient (Wildman–Crippen LogP) is 3.21. The molecule has 1 aromatic heterocycles. The first-order valence-corrected chi connectivity index (χ1v) is 6.85. The summed E-state index contributed by atoms with van der Waals surface area (Å²) in [5.41, 5.74) is 2.87. The van der Waals surface area contributed by atoms with Crippen LogP contribution < -0.4 is 4.90 Å². The first-order chi connectivity index (χ1) is 10.2. The maximum absolute atomic E-state index is 10.7. The Morgan fingerprint density at radius 2 is 2.00 bits per heavy atom. The van der Waals surface area contributed by atoms with Crippen LogP contribution in [0.3, 0.4) is 0 Å². The quantitative estimate of drug-likeness (QED) is 0.827. The van der Waals surface area contributed by atoms with Crippen LogP contribution in [0.15, 0.2) is 54.7 Å². The first kappa shape index (κ1) is 14.8. The van der Waals surface area contributed by atoms with Crippen LogP contribution in [0.1, 0.15) is 18.2 Å². The highest BCUT2D eigenvalue weighted by Gasteiger charge is 2.09. The summed E-state index contributed by atoms with van der Waals surface area (Å²) in [4.78, 5) is 17.2. The first-order valence-electron chi connectivity index (χ1n) is 6.85. The largest absolute Gasteiger partial charge is 0.478 e. The number of aromatic nitrogens is 1. The number of aliphatic carboxylic acids is 1. The normalized spacial score (nSPS) is 10.7. The van der Waals surface area contributed by atoms with E-state index in [1.54, 1.807) is 12.3 Å². The van der Waals surface area contributed by atoms with Gasteiger partial charge in [0.1, 0.15) is 0 Å². The fourth-order valence-corrected chi connectivity index (χ4v) is 2.13. The summed E-state index contributed by atoms with van der Waals surface area (Å²) in [6.45, 7) is 3.57. The van der Waals surface area contributed by atoms with E-state index in [4.69, 9.17) is 5.11 Å². The summed E-state index contributed by atoms with van der Waals surface area (Å²) in [5.74, 6) is -0.947. The Labute approximate surface area is 124 Å². The lowest BCUT2D eigenvalue weighted by atomic mass is 10.1. The van der Waals surface area contributed by atoms with Gasteiger partial charge >= 0.3 is 5.97 Å². The van der Waals surface area contributed by atoms with Gasteiger partial charge in [-0.3, -0.25) is 4.98 Å². The topological polar surface area (TPSA) is 53.4 Å². The molecule has 1 heterocycles. The molecule has 2 rings (SSSR count). The SMILES string of the molecule is CCN(Cc1ccccn1)c1ccccc1/C=C/C(=O)O. The zero-order valence-electron chi connectivity index (χ0n) is 11.9. The van der Waals surface area contributed by atoms with Crippen LogP contribution in [-0.2, 0) is 11.3 Å².